The van der Waals surface area contributed by atoms with Gasteiger partial charge in [0.2, 0.25) is 5.91 Å². The summed E-state index contributed by atoms with van der Waals surface area (Å²) in [6, 6.07) is 26.3. The molecule has 1 aromatic heterocycles. The van der Waals surface area contributed by atoms with Crippen molar-refractivity contribution in [2.45, 2.75) is 51.2 Å². The highest BCUT2D eigenvalue weighted by molar-refractivity contribution is 7.99. The molecule has 41 heavy (non-hydrogen) atoms. The number of piperazine rings is 1. The van der Waals surface area contributed by atoms with E-state index in [0.717, 1.165) is 40.8 Å². The number of rotatable bonds is 9. The third-order valence-corrected chi connectivity index (χ3v) is 8.59. The number of benzene rings is 3. The summed E-state index contributed by atoms with van der Waals surface area (Å²) in [4.78, 5) is 29.9. The van der Waals surface area contributed by atoms with E-state index >= 15 is 0 Å². The average molecular weight is 568 g/mol. The van der Waals surface area contributed by atoms with Gasteiger partial charge < -0.3 is 9.80 Å². The number of amides is 2. The van der Waals surface area contributed by atoms with E-state index in [4.69, 9.17) is 0 Å². The summed E-state index contributed by atoms with van der Waals surface area (Å²) in [7, 11) is 0. The zero-order valence-corrected chi connectivity index (χ0v) is 24.8. The van der Waals surface area contributed by atoms with Gasteiger partial charge in [-0.25, -0.2) is 0 Å². The molecule has 0 radical (unpaired) electrons. The van der Waals surface area contributed by atoms with Crippen LogP contribution in [0.3, 0.4) is 0 Å². The summed E-state index contributed by atoms with van der Waals surface area (Å²) in [5, 5.41) is 9.84. The minimum atomic E-state index is -0.0232. The van der Waals surface area contributed by atoms with Crippen molar-refractivity contribution in [2.75, 3.05) is 25.4 Å². The van der Waals surface area contributed by atoms with Crippen molar-refractivity contribution >= 4 is 23.6 Å². The van der Waals surface area contributed by atoms with Crippen LogP contribution in [0.1, 0.15) is 48.2 Å². The van der Waals surface area contributed by atoms with E-state index in [-0.39, 0.29) is 17.9 Å². The maximum absolute atomic E-state index is 13.1. The van der Waals surface area contributed by atoms with Crippen molar-refractivity contribution in [3.05, 3.63) is 95.6 Å². The maximum atomic E-state index is 13.1. The number of nitrogens with zero attached hydrogens (tertiary/aromatic N) is 5. The summed E-state index contributed by atoms with van der Waals surface area (Å²) in [6.45, 7) is 7.88. The van der Waals surface area contributed by atoms with E-state index < -0.39 is 0 Å². The lowest BCUT2D eigenvalue weighted by molar-refractivity contribution is -0.133. The van der Waals surface area contributed by atoms with Gasteiger partial charge in [-0.2, -0.15) is 0 Å². The Morgan fingerprint density at radius 2 is 1.66 bits per heavy atom. The molecular formula is C33H37N5O2S. The maximum Gasteiger partial charge on any atom is 0.254 e. The fourth-order valence-electron chi connectivity index (χ4n) is 5.14. The predicted molar refractivity (Wildman–Crippen MR) is 164 cm³/mol. The zero-order valence-electron chi connectivity index (χ0n) is 24.0. The highest BCUT2D eigenvalue weighted by Crippen LogP contribution is 2.29. The second kappa shape index (κ2) is 13.2. The van der Waals surface area contributed by atoms with Gasteiger partial charge in [0, 0.05) is 54.7 Å². The standard InChI is InChI=1S/C33H37N5O2S/c1-4-26-14-16-28(17-15-26)32(40)37-21-20-36(23-25(37)3)30(39)11-8-22-41-33-35-34-31(27-9-6-5-7-10-27)38(33)29-18-12-24(2)13-19-29/h5-7,9-10,12-19,25H,4,8,11,20-23H2,1-3H3. The first-order chi connectivity index (χ1) is 19.9. The second-order valence-corrected chi connectivity index (χ2v) is 11.6. The highest BCUT2D eigenvalue weighted by atomic mass is 32.2. The van der Waals surface area contributed by atoms with E-state index in [1.165, 1.54) is 11.1 Å². The largest absolute Gasteiger partial charge is 0.339 e. The Hall–Kier alpha value is -3.91. The number of thioether (sulfide) groups is 1. The molecule has 0 bridgehead atoms. The van der Waals surface area contributed by atoms with Crippen LogP contribution in [-0.2, 0) is 11.2 Å². The Labute approximate surface area is 246 Å². The number of carbonyl (C=O) groups is 2. The number of aromatic nitrogens is 3. The fraction of sp³-hybridized carbons (Fsp3) is 0.333. The van der Waals surface area contributed by atoms with Gasteiger partial charge in [-0.05, 0) is 56.5 Å². The van der Waals surface area contributed by atoms with Crippen molar-refractivity contribution in [1.29, 1.82) is 0 Å². The minimum Gasteiger partial charge on any atom is -0.339 e. The van der Waals surface area contributed by atoms with E-state index in [0.29, 0.717) is 31.6 Å². The number of hydrogen-bond donors (Lipinski definition) is 0. The molecule has 0 saturated carbocycles. The highest BCUT2D eigenvalue weighted by Gasteiger charge is 2.30. The van der Waals surface area contributed by atoms with Crippen molar-refractivity contribution in [3.8, 4) is 17.1 Å². The van der Waals surface area contributed by atoms with Crippen LogP contribution in [0.4, 0.5) is 0 Å². The Morgan fingerprint density at radius 1 is 0.927 bits per heavy atom. The molecule has 3 aromatic carbocycles. The van der Waals surface area contributed by atoms with Gasteiger partial charge >= 0.3 is 0 Å². The van der Waals surface area contributed by atoms with Crippen LogP contribution in [0.5, 0.6) is 0 Å². The summed E-state index contributed by atoms with van der Waals surface area (Å²) in [6.07, 6.45) is 2.16. The molecular weight excluding hydrogens is 530 g/mol. The van der Waals surface area contributed by atoms with Crippen LogP contribution in [0.25, 0.3) is 17.1 Å². The van der Waals surface area contributed by atoms with Crippen LogP contribution >= 0.6 is 11.8 Å². The van der Waals surface area contributed by atoms with Crippen LogP contribution in [0, 0.1) is 6.92 Å². The molecule has 0 spiro atoms. The number of aryl methyl sites for hydroxylation is 2. The first-order valence-electron chi connectivity index (χ1n) is 14.3. The number of carbonyl (C=O) groups excluding carboxylic acids is 2. The SMILES string of the molecule is CCc1ccc(C(=O)N2CCN(C(=O)CCCSc3nnc(-c4ccccc4)n3-c3ccc(C)cc3)CC2C)cc1. The van der Waals surface area contributed by atoms with Gasteiger partial charge in [-0.1, -0.05) is 78.8 Å². The third-order valence-electron chi connectivity index (χ3n) is 7.57. The van der Waals surface area contributed by atoms with Gasteiger partial charge in [0.15, 0.2) is 11.0 Å². The minimum absolute atomic E-state index is 0.0232. The van der Waals surface area contributed by atoms with Gasteiger partial charge in [0.1, 0.15) is 0 Å². The Bertz CT molecular complexity index is 1470. The average Bonchev–Trinajstić information content (AvgIpc) is 3.43. The third kappa shape index (κ3) is 6.70. The monoisotopic (exact) mass is 567 g/mol. The van der Waals surface area contributed by atoms with Crippen molar-refractivity contribution < 1.29 is 9.59 Å². The van der Waals surface area contributed by atoms with Crippen molar-refractivity contribution in [2.24, 2.45) is 0 Å². The molecule has 1 atom stereocenters. The molecule has 1 aliphatic rings. The number of hydrogen-bond acceptors (Lipinski definition) is 5. The van der Waals surface area contributed by atoms with Crippen molar-refractivity contribution in [3.63, 3.8) is 0 Å². The molecule has 2 amide bonds. The zero-order chi connectivity index (χ0) is 28.8. The van der Waals surface area contributed by atoms with Crippen molar-refractivity contribution in [1.82, 2.24) is 24.6 Å². The van der Waals surface area contributed by atoms with E-state index in [9.17, 15) is 9.59 Å². The summed E-state index contributed by atoms with van der Waals surface area (Å²) in [5.74, 6) is 1.74. The first kappa shape index (κ1) is 28.6. The molecule has 8 heteroatoms. The summed E-state index contributed by atoms with van der Waals surface area (Å²) < 4.78 is 2.09. The van der Waals surface area contributed by atoms with Crippen LogP contribution in [-0.4, -0.2) is 67.8 Å². The lowest BCUT2D eigenvalue weighted by Gasteiger charge is -2.40. The molecule has 1 fully saturated rings. The molecule has 0 N–H and O–H groups in total. The Morgan fingerprint density at radius 3 is 2.34 bits per heavy atom. The fourth-order valence-corrected chi connectivity index (χ4v) is 6.03. The van der Waals surface area contributed by atoms with Gasteiger partial charge in [-0.15, -0.1) is 10.2 Å². The molecule has 1 saturated heterocycles. The van der Waals surface area contributed by atoms with Gasteiger partial charge in [0.25, 0.3) is 5.91 Å². The van der Waals surface area contributed by atoms with E-state index in [1.54, 1.807) is 11.8 Å². The lowest BCUT2D eigenvalue weighted by atomic mass is 10.1. The topological polar surface area (TPSA) is 71.3 Å². The van der Waals surface area contributed by atoms with Crippen LogP contribution in [0.2, 0.25) is 0 Å². The van der Waals surface area contributed by atoms with Gasteiger partial charge in [0.05, 0.1) is 0 Å². The molecule has 4 aromatic rings. The molecule has 1 unspecified atom stereocenters. The van der Waals surface area contributed by atoms with Gasteiger partial charge in [-0.3, -0.25) is 14.2 Å². The predicted octanol–water partition coefficient (Wildman–Crippen LogP) is 6.05. The molecule has 1 aliphatic heterocycles. The van der Waals surface area contributed by atoms with E-state index in [1.807, 2.05) is 71.3 Å². The molecule has 212 valence electrons. The molecule has 5 rings (SSSR count). The smallest absolute Gasteiger partial charge is 0.254 e. The second-order valence-electron chi connectivity index (χ2n) is 10.5. The summed E-state index contributed by atoms with van der Waals surface area (Å²) >= 11 is 1.62. The van der Waals surface area contributed by atoms with Crippen LogP contribution in [0.15, 0.2) is 84.0 Å². The Kier molecular flexibility index (Phi) is 9.19. The molecule has 0 aliphatic carbocycles. The normalized spacial score (nSPS) is 15.2. The van der Waals surface area contributed by atoms with E-state index in [2.05, 4.69) is 52.9 Å². The molecule has 7 nitrogen and oxygen atoms in total. The Balaban J connectivity index is 1.16. The first-order valence-corrected chi connectivity index (χ1v) is 15.3. The lowest BCUT2D eigenvalue weighted by Crippen LogP contribution is -2.55. The summed E-state index contributed by atoms with van der Waals surface area (Å²) in [5.41, 5.74) is 5.14. The van der Waals surface area contributed by atoms with Crippen LogP contribution < -0.4 is 0 Å². The quantitative estimate of drug-likeness (QED) is 0.182. The molecule has 2 heterocycles.